The monoisotopic (exact) mass is 203 g/mol. The van der Waals surface area contributed by atoms with Gasteiger partial charge in [0.2, 0.25) is 0 Å². The normalized spacial score (nSPS) is 9.87. The van der Waals surface area contributed by atoms with Gasteiger partial charge in [-0.25, -0.2) is 0 Å². The van der Waals surface area contributed by atoms with E-state index in [0.29, 0.717) is 0 Å². The van der Waals surface area contributed by atoms with Crippen molar-refractivity contribution in [1.82, 2.24) is 4.98 Å². The Morgan fingerprint density at radius 2 is 2.07 bits per heavy atom. The van der Waals surface area contributed by atoms with Crippen molar-refractivity contribution in [1.29, 1.82) is 0 Å². The third kappa shape index (κ3) is 2.14. The zero-order chi connectivity index (χ0) is 10.7. The zero-order valence-corrected chi connectivity index (χ0v) is 7.81. The molecule has 3 N–H and O–H groups in total. The van der Waals surface area contributed by atoms with Gasteiger partial charge in [0.15, 0.2) is 5.69 Å². The summed E-state index contributed by atoms with van der Waals surface area (Å²) in [6.07, 6.45) is 1.22. The lowest BCUT2D eigenvalue weighted by Gasteiger charge is -1.98. The quantitative estimate of drug-likeness (QED) is 0.792. The average Bonchev–Trinajstić information content (AvgIpc) is 2.68. The molecule has 2 rings (SSSR count). The number of primary amides is 1. The largest absolute Gasteiger partial charge is 0.431 e. The molecular formula is C10H9N3O2. The fourth-order valence-corrected chi connectivity index (χ4v) is 1.09. The minimum Gasteiger partial charge on any atom is -0.431 e. The van der Waals surface area contributed by atoms with Crippen LogP contribution in [0.1, 0.15) is 10.5 Å². The number of oxazole rings is 1. The summed E-state index contributed by atoms with van der Waals surface area (Å²) < 4.78 is 5.01. The summed E-state index contributed by atoms with van der Waals surface area (Å²) in [5.41, 5.74) is 5.97. The molecular weight excluding hydrogens is 194 g/mol. The van der Waals surface area contributed by atoms with Gasteiger partial charge < -0.3 is 15.5 Å². The molecule has 0 atom stereocenters. The zero-order valence-electron chi connectivity index (χ0n) is 7.81. The van der Waals surface area contributed by atoms with Gasteiger partial charge in [-0.2, -0.15) is 4.98 Å². The smallest absolute Gasteiger partial charge is 0.299 e. The third-order valence-electron chi connectivity index (χ3n) is 1.78. The second-order valence-corrected chi connectivity index (χ2v) is 2.89. The van der Waals surface area contributed by atoms with Crippen LogP contribution in [0.15, 0.2) is 41.0 Å². The molecule has 0 saturated carbocycles. The van der Waals surface area contributed by atoms with Crippen LogP contribution in [0, 0.1) is 0 Å². The van der Waals surface area contributed by atoms with E-state index in [2.05, 4.69) is 10.3 Å². The maximum absolute atomic E-state index is 10.7. The van der Waals surface area contributed by atoms with Crippen LogP contribution in [0.5, 0.6) is 0 Å². The molecule has 0 spiro atoms. The number of carbonyl (C=O) groups is 1. The molecule has 0 radical (unpaired) electrons. The molecule has 2 aromatic rings. The number of anilines is 2. The Morgan fingerprint density at radius 1 is 1.33 bits per heavy atom. The molecule has 0 aliphatic carbocycles. The van der Waals surface area contributed by atoms with Crippen LogP contribution in [0.2, 0.25) is 0 Å². The van der Waals surface area contributed by atoms with Crippen LogP contribution < -0.4 is 11.1 Å². The van der Waals surface area contributed by atoms with Gasteiger partial charge in [0.05, 0.1) is 0 Å². The number of hydrogen-bond donors (Lipinski definition) is 2. The predicted octanol–water partition coefficient (Wildman–Crippen LogP) is 1.52. The summed E-state index contributed by atoms with van der Waals surface area (Å²) in [7, 11) is 0. The van der Waals surface area contributed by atoms with E-state index in [1.165, 1.54) is 6.26 Å². The molecule has 1 aromatic carbocycles. The molecule has 5 nitrogen and oxygen atoms in total. The van der Waals surface area contributed by atoms with Crippen LogP contribution in [-0.2, 0) is 0 Å². The molecule has 1 heterocycles. The van der Waals surface area contributed by atoms with Crippen molar-refractivity contribution in [3.05, 3.63) is 42.3 Å². The van der Waals surface area contributed by atoms with Crippen molar-refractivity contribution in [3.8, 4) is 0 Å². The van der Waals surface area contributed by atoms with Crippen LogP contribution in [0.25, 0.3) is 0 Å². The van der Waals surface area contributed by atoms with E-state index in [-0.39, 0.29) is 11.7 Å². The third-order valence-corrected chi connectivity index (χ3v) is 1.78. The van der Waals surface area contributed by atoms with Gasteiger partial charge in [0.25, 0.3) is 11.9 Å². The van der Waals surface area contributed by atoms with Crippen LogP contribution in [-0.4, -0.2) is 10.9 Å². The Kier molecular flexibility index (Phi) is 2.37. The molecule has 0 fully saturated rings. The SMILES string of the molecule is NC(=O)c1coc(Nc2ccccc2)n1. The first-order valence-electron chi connectivity index (χ1n) is 4.33. The van der Waals surface area contributed by atoms with Crippen LogP contribution in [0.4, 0.5) is 11.7 Å². The molecule has 1 amide bonds. The Bertz CT molecular complexity index is 465. The van der Waals surface area contributed by atoms with Gasteiger partial charge in [-0.05, 0) is 12.1 Å². The van der Waals surface area contributed by atoms with Gasteiger partial charge in [0.1, 0.15) is 6.26 Å². The fourth-order valence-electron chi connectivity index (χ4n) is 1.09. The van der Waals surface area contributed by atoms with Crippen molar-refractivity contribution >= 4 is 17.6 Å². The van der Waals surface area contributed by atoms with Gasteiger partial charge in [-0.1, -0.05) is 18.2 Å². The highest BCUT2D eigenvalue weighted by molar-refractivity contribution is 5.90. The van der Waals surface area contributed by atoms with Crippen molar-refractivity contribution in [2.24, 2.45) is 5.73 Å². The lowest BCUT2D eigenvalue weighted by atomic mass is 10.3. The Balaban J connectivity index is 2.15. The maximum atomic E-state index is 10.7. The summed E-state index contributed by atoms with van der Waals surface area (Å²) in [5.74, 6) is -0.611. The Morgan fingerprint density at radius 3 is 2.67 bits per heavy atom. The Hall–Kier alpha value is -2.30. The highest BCUT2D eigenvalue weighted by atomic mass is 16.4. The lowest BCUT2D eigenvalue weighted by molar-refractivity contribution is 0.0995. The molecule has 0 aliphatic rings. The van der Waals surface area contributed by atoms with Crippen LogP contribution >= 0.6 is 0 Å². The first-order chi connectivity index (χ1) is 7.25. The molecule has 0 bridgehead atoms. The average molecular weight is 203 g/mol. The van der Waals surface area contributed by atoms with Gasteiger partial charge in [0, 0.05) is 5.69 Å². The number of aromatic nitrogens is 1. The summed E-state index contributed by atoms with van der Waals surface area (Å²) in [6.45, 7) is 0. The number of nitrogens with two attached hydrogens (primary N) is 1. The lowest BCUT2D eigenvalue weighted by Crippen LogP contribution is -2.11. The Labute approximate surface area is 85.9 Å². The molecule has 15 heavy (non-hydrogen) atoms. The highest BCUT2D eigenvalue weighted by Gasteiger charge is 2.07. The van der Waals surface area contributed by atoms with E-state index in [4.69, 9.17) is 10.2 Å². The van der Waals surface area contributed by atoms with Gasteiger partial charge >= 0.3 is 0 Å². The summed E-state index contributed by atoms with van der Waals surface area (Å²) in [4.78, 5) is 14.6. The van der Waals surface area contributed by atoms with Crippen molar-refractivity contribution < 1.29 is 9.21 Å². The maximum Gasteiger partial charge on any atom is 0.299 e. The first kappa shape index (κ1) is 9.26. The van der Waals surface area contributed by atoms with Crippen molar-refractivity contribution in [2.75, 3.05) is 5.32 Å². The summed E-state index contributed by atoms with van der Waals surface area (Å²) in [5, 5.41) is 2.89. The van der Waals surface area contributed by atoms with Gasteiger partial charge in [-0.15, -0.1) is 0 Å². The summed E-state index contributed by atoms with van der Waals surface area (Å²) >= 11 is 0. The number of nitrogens with one attached hydrogen (secondary N) is 1. The number of para-hydroxylation sites is 1. The number of rotatable bonds is 3. The van der Waals surface area contributed by atoms with Crippen molar-refractivity contribution in [2.45, 2.75) is 0 Å². The van der Waals surface area contributed by atoms with Gasteiger partial charge in [-0.3, -0.25) is 4.79 Å². The fraction of sp³-hybridized carbons (Fsp3) is 0. The van der Waals surface area contributed by atoms with Crippen molar-refractivity contribution in [3.63, 3.8) is 0 Å². The van der Waals surface area contributed by atoms with E-state index < -0.39 is 5.91 Å². The second-order valence-electron chi connectivity index (χ2n) is 2.89. The van der Waals surface area contributed by atoms with E-state index in [0.717, 1.165) is 5.69 Å². The van der Waals surface area contributed by atoms with E-state index >= 15 is 0 Å². The van der Waals surface area contributed by atoms with E-state index in [1.54, 1.807) is 0 Å². The molecule has 76 valence electrons. The van der Waals surface area contributed by atoms with Crippen LogP contribution in [0.3, 0.4) is 0 Å². The highest BCUT2D eigenvalue weighted by Crippen LogP contribution is 2.14. The molecule has 0 saturated heterocycles. The number of carbonyl (C=O) groups excluding carboxylic acids is 1. The standard InChI is InChI=1S/C10H9N3O2/c11-9(14)8-6-15-10(13-8)12-7-4-2-1-3-5-7/h1-6H,(H2,11,14)(H,12,13). The molecule has 0 unspecified atom stereocenters. The topological polar surface area (TPSA) is 81.2 Å². The number of benzene rings is 1. The second kappa shape index (κ2) is 3.83. The molecule has 1 aromatic heterocycles. The minimum absolute atomic E-state index is 0.105. The van der Waals surface area contributed by atoms with E-state index in [9.17, 15) is 4.79 Å². The summed E-state index contributed by atoms with van der Waals surface area (Å²) in [6, 6.07) is 9.60. The molecule has 5 heteroatoms. The predicted molar refractivity (Wildman–Crippen MR) is 54.7 cm³/mol. The number of amides is 1. The van der Waals surface area contributed by atoms with E-state index in [1.807, 2.05) is 30.3 Å². The molecule has 0 aliphatic heterocycles. The number of nitrogens with zero attached hydrogens (tertiary/aromatic N) is 1. The minimum atomic E-state index is -0.611. The first-order valence-corrected chi connectivity index (χ1v) is 4.33. The number of hydrogen-bond acceptors (Lipinski definition) is 4.